The van der Waals surface area contributed by atoms with E-state index in [1.165, 1.54) is 38.5 Å². The molecule has 0 radical (unpaired) electrons. The zero-order chi connectivity index (χ0) is 13.4. The normalized spacial score (nSPS) is 26.0. The third-order valence-corrected chi connectivity index (χ3v) is 5.27. The van der Waals surface area contributed by atoms with Gasteiger partial charge in [0.1, 0.15) is 0 Å². The lowest BCUT2D eigenvalue weighted by atomic mass is 9.83. The second-order valence-corrected chi connectivity index (χ2v) is 6.23. The molecule has 2 heteroatoms. The molecular formula is C16H33NO. The van der Waals surface area contributed by atoms with Crippen LogP contribution in [0.4, 0.5) is 0 Å². The van der Waals surface area contributed by atoms with Crippen molar-refractivity contribution in [2.45, 2.75) is 78.2 Å². The summed E-state index contributed by atoms with van der Waals surface area (Å²) in [5.41, 5.74) is 0.108. The Kier molecular flexibility index (Phi) is 7.25. The average molecular weight is 255 g/mol. The first-order chi connectivity index (χ1) is 8.69. The summed E-state index contributed by atoms with van der Waals surface area (Å²) in [6, 6.07) is 0.686. The van der Waals surface area contributed by atoms with Crippen molar-refractivity contribution in [3.8, 4) is 0 Å². The minimum atomic E-state index is 0.108. The van der Waals surface area contributed by atoms with Crippen molar-refractivity contribution in [3.63, 3.8) is 0 Å². The van der Waals surface area contributed by atoms with E-state index in [-0.39, 0.29) is 5.41 Å². The molecule has 1 saturated carbocycles. The van der Waals surface area contributed by atoms with Gasteiger partial charge in [-0.15, -0.1) is 0 Å². The number of aliphatic hydroxyl groups is 1. The topological polar surface area (TPSA) is 32.3 Å². The summed E-state index contributed by atoms with van der Waals surface area (Å²) < 4.78 is 0. The van der Waals surface area contributed by atoms with E-state index in [1.54, 1.807) is 0 Å². The fourth-order valence-corrected chi connectivity index (χ4v) is 3.13. The molecule has 108 valence electrons. The van der Waals surface area contributed by atoms with Crippen LogP contribution < -0.4 is 5.32 Å². The Hall–Kier alpha value is -0.0800. The average Bonchev–Trinajstić information content (AvgIpc) is 2.66. The van der Waals surface area contributed by atoms with Gasteiger partial charge in [-0.1, -0.05) is 40.0 Å². The molecule has 0 aromatic carbocycles. The van der Waals surface area contributed by atoms with E-state index in [9.17, 15) is 5.11 Å². The monoisotopic (exact) mass is 255 g/mol. The molecule has 1 rings (SSSR count). The molecule has 0 saturated heterocycles. The predicted octanol–water partition coefficient (Wildman–Crippen LogP) is 3.73. The summed E-state index contributed by atoms with van der Waals surface area (Å²) in [6.07, 6.45) is 10.3. The number of nitrogens with one attached hydrogen (secondary N) is 1. The van der Waals surface area contributed by atoms with Gasteiger partial charge in [-0.3, -0.25) is 0 Å². The van der Waals surface area contributed by atoms with Crippen LogP contribution in [0, 0.1) is 11.3 Å². The van der Waals surface area contributed by atoms with Crippen molar-refractivity contribution in [2.24, 2.45) is 11.3 Å². The standard InChI is InChI=1S/C16H33NO/c1-4-14-8-7-9-15(11-10-14)17-12-16(5-2,6-3)13-18/h14-15,17-18H,4-13H2,1-3H3. The van der Waals surface area contributed by atoms with Crippen LogP contribution in [0.2, 0.25) is 0 Å². The number of aliphatic hydroxyl groups excluding tert-OH is 1. The molecule has 0 aromatic rings. The summed E-state index contributed by atoms with van der Waals surface area (Å²) in [5, 5.41) is 13.3. The Balaban J connectivity index is 2.38. The van der Waals surface area contributed by atoms with Crippen LogP contribution in [0.25, 0.3) is 0 Å². The van der Waals surface area contributed by atoms with E-state index in [2.05, 4.69) is 26.1 Å². The highest BCUT2D eigenvalue weighted by Crippen LogP contribution is 2.28. The maximum absolute atomic E-state index is 9.60. The molecule has 1 fully saturated rings. The number of hydrogen-bond acceptors (Lipinski definition) is 2. The zero-order valence-corrected chi connectivity index (χ0v) is 12.7. The Bertz CT molecular complexity index is 205. The Morgan fingerprint density at radius 2 is 1.78 bits per heavy atom. The minimum absolute atomic E-state index is 0.108. The molecule has 0 amide bonds. The molecule has 2 unspecified atom stereocenters. The van der Waals surface area contributed by atoms with Crippen LogP contribution in [-0.4, -0.2) is 24.3 Å². The molecular weight excluding hydrogens is 222 g/mol. The van der Waals surface area contributed by atoms with Crippen molar-refractivity contribution in [2.75, 3.05) is 13.2 Å². The molecule has 0 spiro atoms. The Labute approximate surface area is 114 Å². The van der Waals surface area contributed by atoms with E-state index < -0.39 is 0 Å². The van der Waals surface area contributed by atoms with E-state index in [0.29, 0.717) is 12.6 Å². The summed E-state index contributed by atoms with van der Waals surface area (Å²) in [6.45, 7) is 8.02. The van der Waals surface area contributed by atoms with Gasteiger partial charge in [0.25, 0.3) is 0 Å². The van der Waals surface area contributed by atoms with Crippen molar-refractivity contribution in [1.82, 2.24) is 5.32 Å². The molecule has 0 aliphatic heterocycles. The number of hydrogen-bond donors (Lipinski definition) is 2. The second-order valence-electron chi connectivity index (χ2n) is 6.23. The van der Waals surface area contributed by atoms with Crippen molar-refractivity contribution >= 4 is 0 Å². The third kappa shape index (κ3) is 4.55. The Morgan fingerprint density at radius 3 is 2.33 bits per heavy atom. The predicted molar refractivity (Wildman–Crippen MR) is 78.8 cm³/mol. The summed E-state index contributed by atoms with van der Waals surface area (Å²) in [5.74, 6) is 0.955. The minimum Gasteiger partial charge on any atom is -0.396 e. The van der Waals surface area contributed by atoms with Gasteiger partial charge in [-0.25, -0.2) is 0 Å². The molecule has 0 bridgehead atoms. The zero-order valence-electron chi connectivity index (χ0n) is 12.7. The van der Waals surface area contributed by atoms with Gasteiger partial charge in [0.15, 0.2) is 0 Å². The van der Waals surface area contributed by atoms with Crippen molar-refractivity contribution in [1.29, 1.82) is 0 Å². The van der Waals surface area contributed by atoms with Crippen molar-refractivity contribution < 1.29 is 5.11 Å². The van der Waals surface area contributed by atoms with Crippen molar-refractivity contribution in [3.05, 3.63) is 0 Å². The van der Waals surface area contributed by atoms with E-state index >= 15 is 0 Å². The van der Waals surface area contributed by atoms with Crippen LogP contribution in [-0.2, 0) is 0 Å². The van der Waals surface area contributed by atoms with Crippen LogP contribution >= 0.6 is 0 Å². The van der Waals surface area contributed by atoms with Crippen LogP contribution in [0.1, 0.15) is 72.1 Å². The highest BCUT2D eigenvalue weighted by Gasteiger charge is 2.26. The summed E-state index contributed by atoms with van der Waals surface area (Å²) in [7, 11) is 0. The van der Waals surface area contributed by atoms with Crippen LogP contribution in [0.15, 0.2) is 0 Å². The van der Waals surface area contributed by atoms with Crippen LogP contribution in [0.5, 0.6) is 0 Å². The quantitative estimate of drug-likeness (QED) is 0.679. The van der Waals surface area contributed by atoms with Gasteiger partial charge in [0.2, 0.25) is 0 Å². The first kappa shape index (κ1) is 16.0. The molecule has 0 heterocycles. The molecule has 2 atom stereocenters. The molecule has 1 aliphatic carbocycles. The molecule has 1 aliphatic rings. The van der Waals surface area contributed by atoms with E-state index in [4.69, 9.17) is 0 Å². The summed E-state index contributed by atoms with van der Waals surface area (Å²) in [4.78, 5) is 0. The SMILES string of the molecule is CCC1CCCC(NCC(CC)(CC)CO)CC1. The van der Waals surface area contributed by atoms with Gasteiger partial charge in [0.05, 0.1) is 0 Å². The highest BCUT2D eigenvalue weighted by atomic mass is 16.3. The second kappa shape index (κ2) is 8.16. The van der Waals surface area contributed by atoms with Gasteiger partial charge in [-0.2, -0.15) is 0 Å². The molecule has 18 heavy (non-hydrogen) atoms. The fourth-order valence-electron chi connectivity index (χ4n) is 3.13. The summed E-state index contributed by atoms with van der Waals surface area (Å²) >= 11 is 0. The van der Waals surface area contributed by atoms with Gasteiger partial charge in [0, 0.05) is 24.6 Å². The third-order valence-electron chi connectivity index (χ3n) is 5.27. The fraction of sp³-hybridized carbons (Fsp3) is 1.00. The lowest BCUT2D eigenvalue weighted by Gasteiger charge is -2.32. The van der Waals surface area contributed by atoms with E-state index in [1.807, 2.05) is 0 Å². The lowest BCUT2D eigenvalue weighted by Crippen LogP contribution is -2.41. The maximum Gasteiger partial charge on any atom is 0.0499 e. The molecule has 2 nitrogen and oxygen atoms in total. The molecule has 0 aromatic heterocycles. The van der Waals surface area contributed by atoms with E-state index in [0.717, 1.165) is 25.3 Å². The maximum atomic E-state index is 9.60. The largest absolute Gasteiger partial charge is 0.396 e. The van der Waals surface area contributed by atoms with Gasteiger partial charge < -0.3 is 10.4 Å². The smallest absolute Gasteiger partial charge is 0.0499 e. The first-order valence-corrected chi connectivity index (χ1v) is 8.04. The van der Waals surface area contributed by atoms with Crippen LogP contribution in [0.3, 0.4) is 0 Å². The van der Waals surface area contributed by atoms with Gasteiger partial charge in [-0.05, 0) is 38.0 Å². The Morgan fingerprint density at radius 1 is 1.06 bits per heavy atom. The van der Waals surface area contributed by atoms with Gasteiger partial charge >= 0.3 is 0 Å². The lowest BCUT2D eigenvalue weighted by molar-refractivity contribution is 0.109. The molecule has 2 N–H and O–H groups in total. The number of rotatable bonds is 7. The first-order valence-electron chi connectivity index (χ1n) is 8.04. The highest BCUT2D eigenvalue weighted by molar-refractivity contribution is 4.82.